The number of halogens is 1. The number of rotatable bonds is 0. The van der Waals surface area contributed by atoms with Crippen LogP contribution < -0.4 is 16.6 Å². The fraction of sp³-hybridized carbons (Fsp3) is 0.200. The molecule has 64 valence electrons. The predicted molar refractivity (Wildman–Crippen MR) is 48.4 cm³/mol. The van der Waals surface area contributed by atoms with Crippen molar-refractivity contribution in [3.05, 3.63) is 10.4 Å². The van der Waals surface area contributed by atoms with E-state index in [0.717, 1.165) is 0 Å². The van der Waals surface area contributed by atoms with Crippen LogP contribution in [0.15, 0.2) is 9.69 Å². The van der Waals surface area contributed by atoms with Crippen LogP contribution in [0.25, 0.3) is 0 Å². The van der Waals surface area contributed by atoms with Gasteiger partial charge in [-0.05, 0) is 0 Å². The average Bonchev–Trinajstić information content (AvgIpc) is 2.29. The SMILES string of the molecule is Nc1nc2c(c(=O)[nH]1)SC(Cl)N2. The summed E-state index contributed by atoms with van der Waals surface area (Å²) in [6, 6.07) is 0. The van der Waals surface area contributed by atoms with Crippen molar-refractivity contribution in [2.24, 2.45) is 0 Å². The molecule has 1 atom stereocenters. The number of nitrogens with one attached hydrogen (secondary N) is 2. The molecule has 0 bridgehead atoms. The first kappa shape index (κ1) is 7.75. The molecule has 0 radical (unpaired) electrons. The highest BCUT2D eigenvalue weighted by Crippen LogP contribution is 2.35. The van der Waals surface area contributed by atoms with Crippen LogP contribution in [-0.4, -0.2) is 14.8 Å². The molecule has 0 aliphatic carbocycles. The molecule has 1 aromatic heterocycles. The van der Waals surface area contributed by atoms with Gasteiger partial charge in [0.15, 0.2) is 10.7 Å². The number of nitrogen functional groups attached to an aromatic ring is 1. The molecule has 0 saturated carbocycles. The first-order valence-electron chi connectivity index (χ1n) is 3.14. The molecule has 0 amide bonds. The van der Waals surface area contributed by atoms with Gasteiger partial charge in [0.1, 0.15) is 4.90 Å². The van der Waals surface area contributed by atoms with Crippen molar-refractivity contribution >= 4 is 35.1 Å². The molecule has 0 fully saturated rings. The zero-order chi connectivity index (χ0) is 8.72. The molecule has 0 aromatic carbocycles. The Morgan fingerprint density at radius 2 is 2.42 bits per heavy atom. The number of hydrogen-bond donors (Lipinski definition) is 3. The second-order valence-electron chi connectivity index (χ2n) is 2.21. The molecule has 1 unspecified atom stereocenters. The standard InChI is InChI=1S/C5H5ClN4OS/c6-4-8-2-1(12-4)3(11)10-5(7)9-2/h4H,(H4,7,8,9,10,11). The van der Waals surface area contributed by atoms with E-state index in [1.165, 1.54) is 11.8 Å². The van der Waals surface area contributed by atoms with E-state index >= 15 is 0 Å². The van der Waals surface area contributed by atoms with Gasteiger partial charge in [0.25, 0.3) is 5.56 Å². The first-order valence-corrected chi connectivity index (χ1v) is 4.45. The van der Waals surface area contributed by atoms with Crippen molar-refractivity contribution < 1.29 is 0 Å². The number of nitrogens with zero attached hydrogens (tertiary/aromatic N) is 1. The minimum atomic E-state index is -0.338. The zero-order valence-corrected chi connectivity index (χ0v) is 7.37. The maximum Gasteiger partial charge on any atom is 0.268 e. The van der Waals surface area contributed by atoms with Crippen molar-refractivity contribution in [1.82, 2.24) is 9.97 Å². The van der Waals surface area contributed by atoms with E-state index in [1.807, 2.05) is 0 Å². The zero-order valence-electron chi connectivity index (χ0n) is 5.80. The summed E-state index contributed by atoms with van der Waals surface area (Å²) in [4.78, 5) is 17.6. The normalized spacial score (nSPS) is 20.2. The maximum atomic E-state index is 11.2. The quantitative estimate of drug-likeness (QED) is 0.421. The molecule has 1 aliphatic heterocycles. The fourth-order valence-corrected chi connectivity index (χ4v) is 2.05. The number of fused-ring (bicyclic) bond motifs is 1. The smallest absolute Gasteiger partial charge is 0.268 e. The number of alkyl halides is 1. The number of hydrogen-bond acceptors (Lipinski definition) is 5. The molecular formula is C5H5ClN4OS. The van der Waals surface area contributed by atoms with Gasteiger partial charge >= 0.3 is 0 Å². The summed E-state index contributed by atoms with van der Waals surface area (Å²) >= 11 is 6.94. The number of aromatic amines is 1. The highest BCUT2D eigenvalue weighted by molar-refractivity contribution is 8.01. The lowest BCUT2D eigenvalue weighted by Crippen LogP contribution is -2.12. The van der Waals surface area contributed by atoms with Crippen molar-refractivity contribution in [2.45, 2.75) is 9.73 Å². The van der Waals surface area contributed by atoms with Crippen LogP contribution in [0.2, 0.25) is 0 Å². The summed E-state index contributed by atoms with van der Waals surface area (Å²) in [7, 11) is 0. The number of anilines is 2. The minimum absolute atomic E-state index is 0.0950. The van der Waals surface area contributed by atoms with Crippen LogP contribution in [0.3, 0.4) is 0 Å². The van der Waals surface area contributed by atoms with E-state index in [2.05, 4.69) is 15.3 Å². The lowest BCUT2D eigenvalue weighted by Gasteiger charge is -1.97. The third-order valence-electron chi connectivity index (χ3n) is 1.37. The summed E-state index contributed by atoms with van der Waals surface area (Å²) in [5.74, 6) is 0.555. The van der Waals surface area contributed by atoms with Crippen LogP contribution in [0.4, 0.5) is 11.8 Å². The Labute approximate surface area is 76.7 Å². The number of aromatic nitrogens is 2. The topological polar surface area (TPSA) is 83.8 Å². The van der Waals surface area contributed by atoms with Crippen LogP contribution in [0.5, 0.6) is 0 Å². The molecule has 1 aliphatic rings. The Morgan fingerprint density at radius 3 is 3.17 bits per heavy atom. The van der Waals surface area contributed by atoms with Gasteiger partial charge in [-0.3, -0.25) is 9.78 Å². The molecule has 7 heteroatoms. The van der Waals surface area contributed by atoms with Gasteiger partial charge in [-0.15, -0.1) is 0 Å². The monoisotopic (exact) mass is 204 g/mol. The van der Waals surface area contributed by atoms with Crippen LogP contribution >= 0.6 is 23.4 Å². The predicted octanol–water partition coefficient (Wildman–Crippen LogP) is 0.392. The molecule has 0 spiro atoms. The summed E-state index contributed by atoms with van der Waals surface area (Å²) < 4.78 is 0. The molecular weight excluding hydrogens is 200 g/mol. The third kappa shape index (κ3) is 1.12. The maximum absolute atomic E-state index is 11.2. The number of H-pyrrole nitrogens is 1. The largest absolute Gasteiger partial charge is 0.369 e. The Hall–Kier alpha value is -0.880. The Kier molecular flexibility index (Phi) is 1.66. The molecule has 2 heterocycles. The number of thioether (sulfide) groups is 1. The van der Waals surface area contributed by atoms with Gasteiger partial charge in [0, 0.05) is 0 Å². The minimum Gasteiger partial charge on any atom is -0.369 e. The van der Waals surface area contributed by atoms with E-state index in [9.17, 15) is 4.79 Å². The van der Waals surface area contributed by atoms with Crippen LogP contribution in [0.1, 0.15) is 0 Å². The Morgan fingerprint density at radius 1 is 1.67 bits per heavy atom. The van der Waals surface area contributed by atoms with Gasteiger partial charge in [0.2, 0.25) is 5.95 Å². The van der Waals surface area contributed by atoms with E-state index in [4.69, 9.17) is 17.3 Å². The summed E-state index contributed by atoms with van der Waals surface area (Å²) in [6.07, 6.45) is 0. The van der Waals surface area contributed by atoms with Crippen molar-refractivity contribution in [3.63, 3.8) is 0 Å². The number of nitrogens with two attached hydrogens (primary N) is 1. The van der Waals surface area contributed by atoms with E-state index in [0.29, 0.717) is 10.7 Å². The second-order valence-corrected chi connectivity index (χ2v) is 4.02. The molecule has 1 aromatic rings. The molecule has 0 saturated heterocycles. The van der Waals surface area contributed by atoms with Crippen molar-refractivity contribution in [3.8, 4) is 0 Å². The van der Waals surface area contributed by atoms with E-state index in [1.54, 1.807) is 0 Å². The van der Waals surface area contributed by atoms with Gasteiger partial charge in [-0.2, -0.15) is 4.98 Å². The molecule has 12 heavy (non-hydrogen) atoms. The Balaban J connectivity index is 2.60. The first-order chi connectivity index (χ1) is 5.66. The second kappa shape index (κ2) is 2.56. The van der Waals surface area contributed by atoms with Crippen molar-refractivity contribution in [2.75, 3.05) is 11.1 Å². The van der Waals surface area contributed by atoms with E-state index < -0.39 is 0 Å². The summed E-state index contributed by atoms with van der Waals surface area (Å²) in [6.45, 7) is 0. The van der Waals surface area contributed by atoms with Crippen LogP contribution in [0, 0.1) is 0 Å². The van der Waals surface area contributed by atoms with Gasteiger partial charge in [0.05, 0.1) is 0 Å². The van der Waals surface area contributed by atoms with Gasteiger partial charge in [-0.25, -0.2) is 0 Å². The summed E-state index contributed by atoms with van der Waals surface area (Å²) in [5, 5.41) is 2.80. The van der Waals surface area contributed by atoms with Gasteiger partial charge < -0.3 is 11.1 Å². The van der Waals surface area contributed by atoms with E-state index in [-0.39, 0.29) is 16.3 Å². The van der Waals surface area contributed by atoms with Crippen molar-refractivity contribution in [1.29, 1.82) is 0 Å². The molecule has 2 rings (SSSR count). The van der Waals surface area contributed by atoms with Crippen LogP contribution in [-0.2, 0) is 0 Å². The highest BCUT2D eigenvalue weighted by atomic mass is 35.5. The molecule has 5 nitrogen and oxygen atoms in total. The lowest BCUT2D eigenvalue weighted by atomic mass is 10.6. The Bertz CT molecular complexity index is 378. The third-order valence-corrected chi connectivity index (χ3v) is 2.68. The lowest BCUT2D eigenvalue weighted by molar-refractivity contribution is 1.07. The average molecular weight is 205 g/mol. The fourth-order valence-electron chi connectivity index (χ4n) is 0.927. The highest BCUT2D eigenvalue weighted by Gasteiger charge is 2.23. The van der Waals surface area contributed by atoms with Gasteiger partial charge in [-0.1, -0.05) is 23.4 Å². The molecule has 4 N–H and O–H groups in total. The summed E-state index contributed by atoms with van der Waals surface area (Å²) in [5.41, 5.74) is 5.07.